The van der Waals surface area contributed by atoms with Gasteiger partial charge in [0.25, 0.3) is 17.7 Å². The van der Waals surface area contributed by atoms with Crippen LogP contribution in [0.5, 0.6) is 11.5 Å². The molecular weight excluding hydrogens is 1340 g/mol. The van der Waals surface area contributed by atoms with E-state index in [0.29, 0.717) is 68.6 Å². The van der Waals surface area contributed by atoms with Gasteiger partial charge in [0.05, 0.1) is 16.9 Å². The first-order valence-corrected chi connectivity index (χ1v) is 35.4. The van der Waals surface area contributed by atoms with Crippen LogP contribution >= 0.6 is 0 Å². The summed E-state index contributed by atoms with van der Waals surface area (Å²) in [7, 11) is 0. The van der Waals surface area contributed by atoms with Gasteiger partial charge in [-0.15, -0.1) is 0 Å². The average Bonchev–Trinajstić information content (AvgIpc) is 1.40. The highest BCUT2D eigenvalue weighted by Gasteiger charge is 2.44. The lowest BCUT2D eigenvalue weighted by atomic mass is 9.82. The second kappa shape index (κ2) is 34.0. The summed E-state index contributed by atoms with van der Waals surface area (Å²) in [5.41, 5.74) is 4.38. The van der Waals surface area contributed by atoms with Gasteiger partial charge in [-0.2, -0.15) is 0 Å². The van der Waals surface area contributed by atoms with Crippen LogP contribution in [-0.2, 0) is 54.4 Å². The van der Waals surface area contributed by atoms with E-state index in [1.54, 1.807) is 69.3 Å². The summed E-state index contributed by atoms with van der Waals surface area (Å²) in [6.45, 7) is 18.6. The van der Waals surface area contributed by atoms with Crippen molar-refractivity contribution in [3.05, 3.63) is 121 Å². The Bertz CT molecular complexity index is 4440. The molecule has 28 heteroatoms. The van der Waals surface area contributed by atoms with Gasteiger partial charge in [0.2, 0.25) is 28.6 Å². The zero-order valence-electron chi connectivity index (χ0n) is 60.4. The largest absolute Gasteiger partial charge is 0.507 e. The third-order valence-electron chi connectivity index (χ3n) is 19.3. The van der Waals surface area contributed by atoms with E-state index < -0.39 is 87.8 Å². The minimum absolute atomic E-state index is 0.000628. The van der Waals surface area contributed by atoms with Crippen molar-refractivity contribution in [3.8, 4) is 11.5 Å². The number of benzene rings is 4. The molecule has 4 aliphatic rings. The highest BCUT2D eigenvalue weighted by Crippen LogP contribution is 2.43. The van der Waals surface area contributed by atoms with Crippen molar-refractivity contribution in [2.45, 2.75) is 176 Å². The second-order valence-corrected chi connectivity index (χ2v) is 28.1. The normalized spacial score (nSPS) is 22.1. The van der Waals surface area contributed by atoms with Gasteiger partial charge in [-0.3, -0.25) is 48.1 Å². The maximum Gasteiger partial charge on any atom is 0.407 e. The number of fused-ring (bicyclic) bond motifs is 2. The number of esters is 1. The Hall–Kier alpha value is -10.8. The van der Waals surface area contributed by atoms with Gasteiger partial charge < -0.3 is 76.1 Å². The molecule has 10 N–H and O–H groups in total. The Morgan fingerprint density at radius 2 is 1.58 bits per heavy atom. The number of rotatable bonds is 21. The molecule has 104 heavy (non-hydrogen) atoms. The molecule has 4 bridgehead atoms. The summed E-state index contributed by atoms with van der Waals surface area (Å²) in [5, 5.41) is 40.2. The molecule has 0 radical (unpaired) electrons. The maximum atomic E-state index is 15.1. The number of ether oxygens (including phenoxy) is 4. The highest BCUT2D eigenvalue weighted by molar-refractivity contribution is 6.17. The zero-order chi connectivity index (χ0) is 75.4. The molecule has 1 aromatic heterocycles. The van der Waals surface area contributed by atoms with Crippen molar-refractivity contribution < 1.29 is 76.7 Å². The van der Waals surface area contributed by atoms with Gasteiger partial charge >= 0.3 is 23.9 Å². The Labute approximate surface area is 601 Å². The minimum atomic E-state index is -1.92. The fourth-order valence-electron chi connectivity index (χ4n) is 13.7. The minimum Gasteiger partial charge on any atom is -0.507 e. The smallest absolute Gasteiger partial charge is 0.407 e. The number of urea groups is 1. The molecule has 4 aromatic carbocycles. The summed E-state index contributed by atoms with van der Waals surface area (Å²) < 4.78 is 30.6. The van der Waals surface area contributed by atoms with Gasteiger partial charge in [0, 0.05) is 105 Å². The number of phenols is 1. The first-order valence-electron chi connectivity index (χ1n) is 35.4. The van der Waals surface area contributed by atoms with E-state index >= 15 is 4.79 Å². The lowest BCUT2D eigenvalue weighted by Gasteiger charge is -2.33. The Balaban J connectivity index is 0.869. The van der Waals surface area contributed by atoms with Gasteiger partial charge in [-0.25, -0.2) is 14.6 Å². The number of hydrogen-bond acceptors (Lipinski definition) is 20. The van der Waals surface area contributed by atoms with E-state index in [1.807, 2.05) is 17.9 Å². The number of aromatic nitrogens is 1. The molecule has 9 rings (SSSR count). The molecule has 556 valence electrons. The average molecular weight is 1440 g/mol. The van der Waals surface area contributed by atoms with Crippen molar-refractivity contribution in [1.82, 2.24) is 31.2 Å². The van der Waals surface area contributed by atoms with Crippen molar-refractivity contribution in [2.24, 2.45) is 35.3 Å². The quantitative estimate of drug-likeness (QED) is 0.0109. The monoisotopic (exact) mass is 1430 g/mol. The molecule has 5 aromatic rings. The number of nitrogens with two attached hydrogens (primary N) is 1. The topological polar surface area (TPSA) is 396 Å². The number of hydrogen-bond donors (Lipinski definition) is 9. The summed E-state index contributed by atoms with van der Waals surface area (Å²) in [6, 6.07) is 6.27. The third-order valence-corrected chi connectivity index (χ3v) is 19.3. The van der Waals surface area contributed by atoms with Gasteiger partial charge in [-0.1, -0.05) is 78.3 Å². The zero-order valence-corrected chi connectivity index (χ0v) is 60.4. The van der Waals surface area contributed by atoms with Crippen molar-refractivity contribution in [1.29, 1.82) is 0 Å². The molecule has 0 unspecified atom stereocenters. The van der Waals surface area contributed by atoms with Crippen molar-refractivity contribution in [3.63, 3.8) is 0 Å². The molecule has 1 saturated heterocycles. The Kier molecular flexibility index (Phi) is 25.3. The third kappa shape index (κ3) is 18.7. The van der Waals surface area contributed by atoms with E-state index in [-0.39, 0.29) is 147 Å². The number of imide groups is 1. The van der Waals surface area contributed by atoms with Crippen LogP contribution in [0.3, 0.4) is 0 Å². The van der Waals surface area contributed by atoms with Crippen LogP contribution in [0.4, 0.5) is 26.7 Å². The number of piperidine rings is 1. The molecule has 8 atom stereocenters. The lowest BCUT2D eigenvalue weighted by Crippen LogP contribution is -2.54. The number of allylic oxidation sites excluding steroid dienone is 4. The number of nitrogens with one attached hydrogen (secondary N) is 6. The number of alkyl carbamates (subject to hydrolysis) is 1. The molecule has 0 saturated carbocycles. The SMILES string of the molecule is CC(=O)O[C@@H]1[C@H](C)C/C=C/O[C@@]2(C)Oc3c(C)c(O)c4c(=O)c(c5oc6cc(N7CCC(NC(=O)OCc8ccc(NC(=O)[C@H](CCCNC(N)=O)NC(=O)[C@@H](NC(=O)CCCCCN9C(=O)C=CC9=O)C(C)C)cc8)CC7)cc(=O)c6nc5c4c3=C2O)NC(=O)/C(C)=C\C=C\[C@H](C)C[C@@H](C)C[C@H]1C. The van der Waals surface area contributed by atoms with E-state index in [1.165, 1.54) is 45.3 Å². The molecule has 1 fully saturated rings. The van der Waals surface area contributed by atoms with Crippen molar-refractivity contribution >= 4 is 109 Å². The fourth-order valence-corrected chi connectivity index (χ4v) is 13.7. The number of nitrogens with zero attached hydrogens (tertiary/aromatic N) is 3. The summed E-state index contributed by atoms with van der Waals surface area (Å²) in [5.74, 6) is -6.60. The number of carbonyl (C=O) groups is 9. The molecule has 4 aliphatic heterocycles. The second-order valence-electron chi connectivity index (χ2n) is 28.1. The first kappa shape index (κ1) is 77.4. The highest BCUT2D eigenvalue weighted by atomic mass is 16.7. The molecule has 5 heterocycles. The van der Waals surface area contributed by atoms with Crippen LogP contribution in [-0.4, -0.2) is 130 Å². The van der Waals surface area contributed by atoms with Gasteiger partial charge in [-0.05, 0) is 125 Å². The number of unbranched alkanes of at least 4 members (excludes halogenated alkanes) is 2. The van der Waals surface area contributed by atoms with E-state index in [9.17, 15) is 58.2 Å². The number of aromatic hydroxyl groups is 1. The standard InChI is InChI=1S/C76H94N10O18/c1-40(2)61(82-55(89)21-12-11-13-31-86-56(90)26-27-57(86)91)73(97)81-52(20-15-30-78-74(77)98)72(96)79-49-24-22-48(23-25-49)39-100-75(99)80-50-28-32-85(33-29-50)51-37-53(88)62-54(38-51)103-69-63(83-62)58-59-65(92)46(8)68-60(58)70(94)76(10,104-68)101-34-16-19-43(5)67(102-47(9)87)45(7)36-42(4)35-41(3)17-14-18-44(6)71(95)84-64(69)66(59)93/h14,16-18,22-27,34,37-38,40-43,45,50,52,61,67,92,94H,11-13,15,19-21,28-33,35-36,39H2,1-10H3,(H,79,96)(H,80,99)(H,81,97)(H,82,89)(H,84,95)(H3,77,78,98)/b17-14+,34-16+,44-18-/t41-,42+,43+,45+,52-,61-,67+,76-/m0/s1. The number of aliphatic hydroxyl groups excluding tert-OH is 1. The lowest BCUT2D eigenvalue weighted by molar-refractivity contribution is -0.152. The molecule has 0 spiro atoms. The van der Waals surface area contributed by atoms with Crippen LogP contribution in [0.2, 0.25) is 0 Å². The van der Waals surface area contributed by atoms with E-state index in [0.717, 1.165) is 17.7 Å². The summed E-state index contributed by atoms with van der Waals surface area (Å²) in [6.07, 6.45) is 14.6. The van der Waals surface area contributed by atoms with Gasteiger partial charge in [0.15, 0.2) is 22.4 Å². The maximum absolute atomic E-state index is 15.1. The van der Waals surface area contributed by atoms with E-state index in [4.69, 9.17) is 34.1 Å². The number of anilines is 3. The molecular formula is C76H94N10O18. The van der Waals surface area contributed by atoms with Crippen molar-refractivity contribution in [2.75, 3.05) is 41.7 Å². The first-order chi connectivity index (χ1) is 49.4. The molecule has 28 nitrogen and oxygen atoms in total. The summed E-state index contributed by atoms with van der Waals surface area (Å²) in [4.78, 5) is 153. The Morgan fingerprint density at radius 3 is 2.26 bits per heavy atom. The Morgan fingerprint density at radius 1 is 0.865 bits per heavy atom. The number of amides is 9. The van der Waals surface area contributed by atoms with E-state index in [2.05, 4.69) is 52.7 Å². The number of aliphatic hydroxyl groups is 1. The van der Waals surface area contributed by atoms with Crippen LogP contribution in [0.15, 0.2) is 98.7 Å². The predicted octanol–water partition coefficient (Wildman–Crippen LogP) is 8.39. The number of carbonyl (C=O) groups excluding carboxylic acids is 9. The number of primary amides is 1. The van der Waals surface area contributed by atoms with Crippen LogP contribution < -0.4 is 63.3 Å². The summed E-state index contributed by atoms with van der Waals surface area (Å²) >= 11 is 0. The number of phenolic OH excluding ortho intramolecular Hbond substituents is 1. The van der Waals surface area contributed by atoms with Crippen LogP contribution in [0.1, 0.15) is 144 Å². The van der Waals surface area contributed by atoms with Gasteiger partial charge in [0.1, 0.15) is 47.5 Å². The molecule has 9 amide bonds. The molecule has 0 aliphatic carbocycles. The fraction of sp³-hybridized carbons (Fsp3) is 0.474. The van der Waals surface area contributed by atoms with Crippen LogP contribution in [0.25, 0.3) is 38.7 Å². The predicted molar refractivity (Wildman–Crippen MR) is 390 cm³/mol. The van der Waals surface area contributed by atoms with Crippen LogP contribution in [0, 0.1) is 36.5 Å².